The topological polar surface area (TPSA) is 64.3 Å². The van der Waals surface area contributed by atoms with Gasteiger partial charge in [0.1, 0.15) is 6.61 Å². The van der Waals surface area contributed by atoms with E-state index in [4.69, 9.17) is 5.73 Å². The van der Waals surface area contributed by atoms with E-state index in [-0.39, 0.29) is 19.0 Å². The number of nitrogens with one attached hydrogen (secondary N) is 1. The van der Waals surface area contributed by atoms with Crippen LogP contribution in [0.2, 0.25) is 0 Å². The second kappa shape index (κ2) is 7.70. The molecule has 0 aliphatic rings. The van der Waals surface area contributed by atoms with Crippen molar-refractivity contribution in [2.24, 2.45) is 5.73 Å². The molecule has 4 nitrogen and oxygen atoms in total. The molecule has 0 bridgehead atoms. The second-order valence-electron chi connectivity index (χ2n) is 3.33. The molecule has 3 N–H and O–H groups in total. The van der Waals surface area contributed by atoms with Crippen molar-refractivity contribution in [3.63, 3.8) is 0 Å². The molecule has 8 heteroatoms. The van der Waals surface area contributed by atoms with Gasteiger partial charge in [-0.1, -0.05) is 0 Å². The Kier molecular flexibility index (Phi) is 8.59. The molecule has 0 aromatic rings. The van der Waals surface area contributed by atoms with Crippen LogP contribution >= 0.6 is 12.4 Å². The van der Waals surface area contributed by atoms with E-state index in [0.29, 0.717) is 0 Å². The minimum atomic E-state index is -4.34. The minimum absolute atomic E-state index is 0. The normalized spacial score (nSPS) is 14.9. The van der Waals surface area contributed by atoms with Gasteiger partial charge in [-0.05, 0) is 13.8 Å². The number of ether oxygens (including phenoxy) is 1. The monoisotopic (exact) mass is 264 g/mol. The molecule has 0 aromatic carbocycles. The van der Waals surface area contributed by atoms with Crippen LogP contribution in [0.25, 0.3) is 0 Å². The van der Waals surface area contributed by atoms with Crippen molar-refractivity contribution in [2.75, 3.05) is 13.2 Å². The molecule has 16 heavy (non-hydrogen) atoms. The van der Waals surface area contributed by atoms with Gasteiger partial charge in [0.2, 0.25) is 5.91 Å². The predicted molar refractivity (Wildman–Crippen MR) is 55.4 cm³/mol. The standard InChI is InChI=1S/C8H15F3N2O2.ClH/c1-5(13-7(14)6(2)12)3-15-4-8(9,10)11;/h5-6H,3-4,12H2,1-2H3,(H,13,14);1H/t5?,6-;/m0./s1. The van der Waals surface area contributed by atoms with E-state index in [2.05, 4.69) is 10.1 Å². The van der Waals surface area contributed by atoms with E-state index in [9.17, 15) is 18.0 Å². The minimum Gasteiger partial charge on any atom is -0.370 e. The largest absolute Gasteiger partial charge is 0.411 e. The fourth-order valence-corrected chi connectivity index (χ4v) is 0.767. The molecule has 0 aromatic heterocycles. The van der Waals surface area contributed by atoms with Gasteiger partial charge < -0.3 is 15.8 Å². The summed E-state index contributed by atoms with van der Waals surface area (Å²) >= 11 is 0. The zero-order chi connectivity index (χ0) is 12.1. The zero-order valence-electron chi connectivity index (χ0n) is 9.00. The second-order valence-corrected chi connectivity index (χ2v) is 3.33. The van der Waals surface area contributed by atoms with Crippen LogP contribution < -0.4 is 11.1 Å². The maximum absolute atomic E-state index is 11.7. The summed E-state index contributed by atoms with van der Waals surface area (Å²) in [6.45, 7) is 1.51. The molecule has 1 amide bonds. The van der Waals surface area contributed by atoms with Crippen LogP contribution in [0.4, 0.5) is 13.2 Å². The van der Waals surface area contributed by atoms with Crippen molar-refractivity contribution < 1.29 is 22.7 Å². The summed E-state index contributed by atoms with van der Waals surface area (Å²) in [5.41, 5.74) is 5.25. The SMILES string of the molecule is CC(COCC(F)(F)F)NC(=O)[C@H](C)N.Cl. The fraction of sp³-hybridized carbons (Fsp3) is 0.875. The Labute approximate surface area is 98.1 Å². The highest BCUT2D eigenvalue weighted by Gasteiger charge is 2.27. The Morgan fingerprint density at radius 1 is 1.44 bits per heavy atom. The zero-order valence-corrected chi connectivity index (χ0v) is 9.82. The van der Waals surface area contributed by atoms with Crippen molar-refractivity contribution in [3.05, 3.63) is 0 Å². The summed E-state index contributed by atoms with van der Waals surface area (Å²) < 4.78 is 39.4. The molecule has 2 atom stereocenters. The van der Waals surface area contributed by atoms with Gasteiger partial charge >= 0.3 is 6.18 Å². The lowest BCUT2D eigenvalue weighted by Gasteiger charge is -2.16. The van der Waals surface area contributed by atoms with Crippen molar-refractivity contribution in [1.29, 1.82) is 0 Å². The van der Waals surface area contributed by atoms with Gasteiger partial charge in [0.25, 0.3) is 0 Å². The number of carbonyl (C=O) groups is 1. The summed E-state index contributed by atoms with van der Waals surface area (Å²) in [6.07, 6.45) is -4.34. The number of halogens is 4. The first kappa shape index (κ1) is 17.9. The highest BCUT2D eigenvalue weighted by atomic mass is 35.5. The molecule has 0 radical (unpaired) electrons. The number of carbonyl (C=O) groups excluding carboxylic acids is 1. The van der Waals surface area contributed by atoms with Gasteiger partial charge in [-0.15, -0.1) is 12.4 Å². The summed E-state index contributed by atoms with van der Waals surface area (Å²) in [7, 11) is 0. The molecule has 98 valence electrons. The molecular weight excluding hydrogens is 249 g/mol. The highest BCUT2D eigenvalue weighted by Crippen LogP contribution is 2.14. The van der Waals surface area contributed by atoms with Crippen LogP contribution in [0, 0.1) is 0 Å². The van der Waals surface area contributed by atoms with Crippen molar-refractivity contribution >= 4 is 18.3 Å². The average Bonchev–Trinajstić information content (AvgIpc) is 2.01. The van der Waals surface area contributed by atoms with Gasteiger partial charge in [0.15, 0.2) is 0 Å². The average molecular weight is 265 g/mol. The van der Waals surface area contributed by atoms with Crippen LogP contribution in [-0.2, 0) is 9.53 Å². The Balaban J connectivity index is 0. The third-order valence-corrected chi connectivity index (χ3v) is 1.44. The molecule has 0 heterocycles. The van der Waals surface area contributed by atoms with Gasteiger partial charge in [0, 0.05) is 6.04 Å². The number of amides is 1. The molecule has 0 saturated carbocycles. The molecule has 0 saturated heterocycles. The third kappa shape index (κ3) is 10.0. The summed E-state index contributed by atoms with van der Waals surface area (Å²) in [4.78, 5) is 11.0. The number of hydrogen-bond donors (Lipinski definition) is 2. The first-order valence-corrected chi connectivity index (χ1v) is 4.43. The molecule has 0 spiro atoms. The van der Waals surface area contributed by atoms with Crippen molar-refractivity contribution in [3.8, 4) is 0 Å². The summed E-state index contributed by atoms with van der Waals surface area (Å²) in [5.74, 6) is -0.418. The van der Waals surface area contributed by atoms with E-state index in [0.717, 1.165) is 0 Å². The maximum Gasteiger partial charge on any atom is 0.411 e. The Hall–Kier alpha value is -0.530. The lowest BCUT2D eigenvalue weighted by molar-refractivity contribution is -0.175. The van der Waals surface area contributed by atoms with Gasteiger partial charge in [-0.2, -0.15) is 13.2 Å². The summed E-state index contributed by atoms with van der Waals surface area (Å²) in [6, 6.07) is -1.18. The molecule has 0 aliphatic carbocycles. The lowest BCUT2D eigenvalue weighted by atomic mass is 10.3. The molecule has 1 unspecified atom stereocenters. The first-order valence-electron chi connectivity index (χ1n) is 4.43. The van der Waals surface area contributed by atoms with E-state index in [1.54, 1.807) is 0 Å². The summed E-state index contributed by atoms with van der Waals surface area (Å²) in [5, 5.41) is 2.41. The van der Waals surface area contributed by atoms with E-state index in [1.807, 2.05) is 0 Å². The molecular formula is C8H16ClF3N2O2. The van der Waals surface area contributed by atoms with E-state index < -0.39 is 30.8 Å². The van der Waals surface area contributed by atoms with Gasteiger partial charge in [0.05, 0.1) is 12.6 Å². The van der Waals surface area contributed by atoms with Crippen molar-refractivity contribution in [1.82, 2.24) is 5.32 Å². The van der Waals surface area contributed by atoms with Crippen LogP contribution in [0.15, 0.2) is 0 Å². The molecule has 0 aliphatic heterocycles. The van der Waals surface area contributed by atoms with Crippen LogP contribution in [-0.4, -0.2) is 37.4 Å². The van der Waals surface area contributed by atoms with Crippen molar-refractivity contribution in [2.45, 2.75) is 32.1 Å². The van der Waals surface area contributed by atoms with Gasteiger partial charge in [-0.3, -0.25) is 4.79 Å². The third-order valence-electron chi connectivity index (χ3n) is 1.44. The van der Waals surface area contributed by atoms with Crippen LogP contribution in [0.1, 0.15) is 13.8 Å². The van der Waals surface area contributed by atoms with E-state index in [1.165, 1.54) is 13.8 Å². The number of alkyl halides is 3. The van der Waals surface area contributed by atoms with Gasteiger partial charge in [-0.25, -0.2) is 0 Å². The van der Waals surface area contributed by atoms with Crippen LogP contribution in [0.3, 0.4) is 0 Å². The lowest BCUT2D eigenvalue weighted by Crippen LogP contribution is -2.44. The fourth-order valence-electron chi connectivity index (χ4n) is 0.767. The Morgan fingerprint density at radius 3 is 2.31 bits per heavy atom. The quantitative estimate of drug-likeness (QED) is 0.773. The van der Waals surface area contributed by atoms with E-state index >= 15 is 0 Å². The first-order chi connectivity index (χ1) is 6.72. The molecule has 0 fully saturated rings. The van der Waals surface area contributed by atoms with Crippen LogP contribution in [0.5, 0.6) is 0 Å². The Morgan fingerprint density at radius 2 is 1.94 bits per heavy atom. The highest BCUT2D eigenvalue weighted by molar-refractivity contribution is 5.85. The Bertz CT molecular complexity index is 212. The number of rotatable bonds is 5. The maximum atomic E-state index is 11.7. The predicted octanol–water partition coefficient (Wildman–Crippen LogP) is 0.839. The number of nitrogens with two attached hydrogens (primary N) is 1. The molecule has 0 rings (SSSR count). The smallest absolute Gasteiger partial charge is 0.370 e. The number of hydrogen-bond acceptors (Lipinski definition) is 3.